The van der Waals surface area contributed by atoms with Crippen LogP contribution in [0, 0.1) is 5.92 Å². The summed E-state index contributed by atoms with van der Waals surface area (Å²) in [4.78, 5) is 0. The highest BCUT2D eigenvalue weighted by Crippen LogP contribution is 2.45. The fourth-order valence-electron chi connectivity index (χ4n) is 2.40. The monoisotopic (exact) mass is 175 g/mol. The van der Waals surface area contributed by atoms with Crippen LogP contribution in [0.1, 0.15) is 24.5 Å². The summed E-state index contributed by atoms with van der Waals surface area (Å²) in [6, 6.07) is 8.58. The van der Waals surface area contributed by atoms with Crippen molar-refractivity contribution < 1.29 is 5.11 Å². The lowest BCUT2D eigenvalue weighted by Crippen LogP contribution is -2.45. The Bertz CT molecular complexity index is 337. The molecule has 2 aliphatic rings. The average molecular weight is 175 g/mol. The lowest BCUT2D eigenvalue weighted by Gasteiger charge is -2.45. The number of anilines is 1. The molecule has 13 heavy (non-hydrogen) atoms. The predicted octanol–water partition coefficient (Wildman–Crippen LogP) is 1.92. The van der Waals surface area contributed by atoms with E-state index in [0.29, 0.717) is 12.0 Å². The lowest BCUT2D eigenvalue weighted by molar-refractivity contribution is 0.0452. The smallest absolute Gasteiger partial charge is 0.0857 e. The maximum absolute atomic E-state index is 10.0. The van der Waals surface area contributed by atoms with E-state index in [0.717, 1.165) is 17.7 Å². The Morgan fingerprint density at radius 1 is 1.23 bits per heavy atom. The molecule has 3 atom stereocenters. The number of aliphatic hydroxyl groups is 1. The standard InChI is InChI=1S/C11H13NO/c13-11-7-3-1-2-4-9(7)12-10-6-5-8(10)11/h1-4,8,10-13H,5-6H2. The van der Waals surface area contributed by atoms with Crippen LogP contribution in [0.4, 0.5) is 5.69 Å². The van der Waals surface area contributed by atoms with E-state index in [2.05, 4.69) is 5.32 Å². The van der Waals surface area contributed by atoms with Crippen LogP contribution in [0.15, 0.2) is 24.3 Å². The summed E-state index contributed by atoms with van der Waals surface area (Å²) in [7, 11) is 0. The van der Waals surface area contributed by atoms with Gasteiger partial charge in [-0.3, -0.25) is 0 Å². The van der Waals surface area contributed by atoms with Gasteiger partial charge in [-0.05, 0) is 18.9 Å². The molecule has 1 aromatic rings. The first-order valence-corrected chi connectivity index (χ1v) is 4.90. The SMILES string of the molecule is OC1c2ccccc2NC2CCC21. The van der Waals surface area contributed by atoms with E-state index in [4.69, 9.17) is 0 Å². The van der Waals surface area contributed by atoms with Gasteiger partial charge in [-0.15, -0.1) is 0 Å². The van der Waals surface area contributed by atoms with Crippen LogP contribution in [-0.4, -0.2) is 11.1 Å². The molecule has 0 aromatic heterocycles. The minimum absolute atomic E-state index is 0.240. The third kappa shape index (κ3) is 0.923. The third-order valence-electron chi connectivity index (χ3n) is 3.35. The van der Waals surface area contributed by atoms with Gasteiger partial charge in [0.15, 0.2) is 0 Å². The number of hydrogen-bond acceptors (Lipinski definition) is 2. The number of fused-ring (bicyclic) bond motifs is 2. The molecule has 68 valence electrons. The van der Waals surface area contributed by atoms with Crippen molar-refractivity contribution in [3.63, 3.8) is 0 Å². The zero-order valence-corrected chi connectivity index (χ0v) is 7.40. The van der Waals surface area contributed by atoms with Crippen molar-refractivity contribution in [2.75, 3.05) is 5.32 Å². The molecule has 2 heteroatoms. The van der Waals surface area contributed by atoms with E-state index >= 15 is 0 Å². The van der Waals surface area contributed by atoms with Crippen molar-refractivity contribution in [2.45, 2.75) is 25.0 Å². The van der Waals surface area contributed by atoms with E-state index in [-0.39, 0.29) is 6.10 Å². The van der Waals surface area contributed by atoms with Gasteiger partial charge in [0.05, 0.1) is 6.10 Å². The lowest BCUT2D eigenvalue weighted by atomic mass is 9.71. The van der Waals surface area contributed by atoms with Crippen LogP contribution in [0.2, 0.25) is 0 Å². The molecule has 1 saturated carbocycles. The second kappa shape index (κ2) is 2.48. The first kappa shape index (κ1) is 7.39. The Labute approximate surface area is 77.6 Å². The molecule has 1 aliphatic heterocycles. The van der Waals surface area contributed by atoms with Crippen molar-refractivity contribution in [1.29, 1.82) is 0 Å². The number of nitrogens with one attached hydrogen (secondary N) is 1. The highest BCUT2D eigenvalue weighted by atomic mass is 16.3. The number of hydrogen-bond donors (Lipinski definition) is 2. The van der Waals surface area contributed by atoms with Gasteiger partial charge in [0.1, 0.15) is 0 Å². The maximum Gasteiger partial charge on any atom is 0.0857 e. The fraction of sp³-hybridized carbons (Fsp3) is 0.455. The van der Waals surface area contributed by atoms with Crippen LogP contribution < -0.4 is 5.32 Å². The summed E-state index contributed by atoms with van der Waals surface area (Å²) >= 11 is 0. The molecule has 0 amide bonds. The van der Waals surface area contributed by atoms with Crippen LogP contribution in [0.5, 0.6) is 0 Å². The maximum atomic E-state index is 10.0. The van der Waals surface area contributed by atoms with Gasteiger partial charge in [-0.2, -0.15) is 0 Å². The van der Waals surface area contributed by atoms with Crippen molar-refractivity contribution >= 4 is 5.69 Å². The molecular formula is C11H13NO. The molecule has 1 heterocycles. The molecule has 2 N–H and O–H groups in total. The highest BCUT2D eigenvalue weighted by molar-refractivity contribution is 5.56. The van der Waals surface area contributed by atoms with Gasteiger partial charge < -0.3 is 10.4 Å². The summed E-state index contributed by atoms with van der Waals surface area (Å²) in [6.07, 6.45) is 2.12. The molecule has 0 radical (unpaired) electrons. The van der Waals surface area contributed by atoms with Gasteiger partial charge in [0, 0.05) is 23.2 Å². The van der Waals surface area contributed by atoms with E-state index < -0.39 is 0 Å². The van der Waals surface area contributed by atoms with Gasteiger partial charge in [0.2, 0.25) is 0 Å². The van der Waals surface area contributed by atoms with Gasteiger partial charge in [-0.1, -0.05) is 18.2 Å². The van der Waals surface area contributed by atoms with E-state index in [1.54, 1.807) is 0 Å². The van der Waals surface area contributed by atoms with Crippen molar-refractivity contribution in [2.24, 2.45) is 5.92 Å². The molecule has 1 fully saturated rings. The van der Waals surface area contributed by atoms with Crippen LogP contribution in [-0.2, 0) is 0 Å². The predicted molar refractivity (Wildman–Crippen MR) is 51.5 cm³/mol. The quantitative estimate of drug-likeness (QED) is 0.631. The topological polar surface area (TPSA) is 32.3 Å². The molecule has 3 rings (SSSR count). The minimum atomic E-state index is -0.240. The number of benzene rings is 1. The Morgan fingerprint density at radius 3 is 2.85 bits per heavy atom. The Morgan fingerprint density at radius 2 is 2.08 bits per heavy atom. The number of para-hydroxylation sites is 1. The summed E-state index contributed by atoms with van der Waals surface area (Å²) in [5.41, 5.74) is 2.19. The third-order valence-corrected chi connectivity index (χ3v) is 3.35. The van der Waals surface area contributed by atoms with Crippen molar-refractivity contribution in [3.8, 4) is 0 Å². The Balaban J connectivity index is 2.06. The second-order valence-corrected chi connectivity index (χ2v) is 4.02. The zero-order valence-electron chi connectivity index (χ0n) is 7.40. The molecule has 2 nitrogen and oxygen atoms in total. The first-order chi connectivity index (χ1) is 6.36. The summed E-state index contributed by atoms with van der Waals surface area (Å²) in [5.74, 6) is 0.454. The Hall–Kier alpha value is -1.02. The highest BCUT2D eigenvalue weighted by Gasteiger charge is 2.41. The summed E-state index contributed by atoms with van der Waals surface area (Å²) in [5, 5.41) is 13.5. The van der Waals surface area contributed by atoms with Crippen LogP contribution in [0.25, 0.3) is 0 Å². The first-order valence-electron chi connectivity index (χ1n) is 4.90. The number of aliphatic hydroxyl groups excluding tert-OH is 1. The molecule has 1 aromatic carbocycles. The van der Waals surface area contributed by atoms with Gasteiger partial charge in [-0.25, -0.2) is 0 Å². The Kier molecular flexibility index (Phi) is 1.41. The fourth-order valence-corrected chi connectivity index (χ4v) is 2.40. The average Bonchev–Trinajstić information content (AvgIpc) is 2.11. The van der Waals surface area contributed by atoms with Gasteiger partial charge in [0.25, 0.3) is 0 Å². The normalized spacial score (nSPS) is 35.3. The number of rotatable bonds is 0. The molecule has 1 aliphatic carbocycles. The molecule has 0 spiro atoms. The largest absolute Gasteiger partial charge is 0.388 e. The molecular weight excluding hydrogens is 162 g/mol. The second-order valence-electron chi connectivity index (χ2n) is 4.02. The summed E-state index contributed by atoms with van der Waals surface area (Å²) < 4.78 is 0. The summed E-state index contributed by atoms with van der Waals surface area (Å²) in [6.45, 7) is 0. The van der Waals surface area contributed by atoms with E-state index in [1.807, 2.05) is 24.3 Å². The zero-order chi connectivity index (χ0) is 8.84. The van der Waals surface area contributed by atoms with Crippen LogP contribution in [0.3, 0.4) is 0 Å². The molecule has 3 unspecified atom stereocenters. The van der Waals surface area contributed by atoms with Crippen molar-refractivity contribution in [1.82, 2.24) is 0 Å². The van der Waals surface area contributed by atoms with Crippen molar-refractivity contribution in [3.05, 3.63) is 29.8 Å². The van der Waals surface area contributed by atoms with E-state index in [9.17, 15) is 5.11 Å². The molecule has 0 saturated heterocycles. The molecule has 0 bridgehead atoms. The van der Waals surface area contributed by atoms with Crippen LogP contribution >= 0.6 is 0 Å². The van der Waals surface area contributed by atoms with Gasteiger partial charge >= 0.3 is 0 Å². The van der Waals surface area contributed by atoms with E-state index in [1.165, 1.54) is 6.42 Å². The minimum Gasteiger partial charge on any atom is -0.388 e.